The molecule has 0 aliphatic rings. The zero-order chi connectivity index (χ0) is 3.58. The Morgan fingerprint density at radius 3 is 1.33 bits per heavy atom. The quantitative estimate of drug-likeness (QED) is 0.325. The maximum absolute atomic E-state index is 8.25. The van der Waals surface area contributed by atoms with Crippen molar-refractivity contribution in [3.05, 3.63) is 15.3 Å². The van der Waals surface area contributed by atoms with Crippen molar-refractivity contribution in [2.24, 2.45) is 0 Å². The molecule has 40 valence electrons. The first-order chi connectivity index (χ1) is 1.73. The third-order valence-electron chi connectivity index (χ3n) is 0. The van der Waals surface area contributed by atoms with Crippen molar-refractivity contribution < 1.29 is 44.5 Å². The Bertz CT molecular complexity index is 33.8. The van der Waals surface area contributed by atoms with Crippen LogP contribution in [0.25, 0.3) is 0 Å². The van der Waals surface area contributed by atoms with Gasteiger partial charge in [-0.25, -0.2) is 0 Å². The van der Waals surface area contributed by atoms with Crippen LogP contribution in [0.4, 0.5) is 0 Å². The number of hydrogen-bond donors (Lipinski definition) is 0. The van der Waals surface area contributed by atoms with Crippen LogP contribution >= 0.6 is 0 Å². The summed E-state index contributed by atoms with van der Waals surface area (Å²) < 4.78 is 0. The number of nitrogens with zero attached hydrogens (tertiary/aromatic N) is 1. The van der Waals surface area contributed by atoms with Crippen LogP contribution in [-0.4, -0.2) is 5.09 Å². The largest absolute Gasteiger partial charge is 2.00 e. The van der Waals surface area contributed by atoms with Gasteiger partial charge in [0.2, 0.25) is 0 Å². The topological polar surface area (TPSA) is 66.2 Å². The second kappa shape index (κ2) is 9.07. The van der Waals surface area contributed by atoms with Crippen LogP contribution < -0.4 is 0 Å². The second-order valence-corrected chi connectivity index (χ2v) is 0.224. The maximum atomic E-state index is 8.25. The summed E-state index contributed by atoms with van der Waals surface area (Å²) in [6.45, 7) is 0. The predicted octanol–water partition coefficient (Wildman–Crippen LogP) is -0.244. The Morgan fingerprint density at radius 2 is 1.33 bits per heavy atom. The summed E-state index contributed by atoms with van der Waals surface area (Å²) in [4.78, 5) is 8.25. The van der Waals surface area contributed by atoms with Gasteiger partial charge in [-0.15, -0.1) is 0 Å². The van der Waals surface area contributed by atoms with Gasteiger partial charge in [0.15, 0.2) is 0 Å². The monoisotopic (exact) mass is 225 g/mol. The summed E-state index contributed by atoms with van der Waals surface area (Å²) >= 11 is 0. The van der Waals surface area contributed by atoms with Crippen LogP contribution in [0, 0.1) is 15.3 Å². The van der Waals surface area contributed by atoms with E-state index >= 15 is 0 Å². The molecule has 0 unspecified atom stereocenters. The molecule has 6 heavy (non-hydrogen) atoms. The van der Waals surface area contributed by atoms with Gasteiger partial charge in [0.05, 0.1) is 5.09 Å². The molecular formula is AgFeNO3+2. The van der Waals surface area contributed by atoms with E-state index in [1.54, 1.807) is 0 Å². The summed E-state index contributed by atoms with van der Waals surface area (Å²) in [7, 11) is 0. The van der Waals surface area contributed by atoms with Crippen LogP contribution in [0.15, 0.2) is 0 Å². The molecule has 0 aromatic rings. The van der Waals surface area contributed by atoms with E-state index in [1.165, 1.54) is 0 Å². The molecule has 0 aromatic heterocycles. The van der Waals surface area contributed by atoms with Crippen molar-refractivity contribution in [3.63, 3.8) is 0 Å². The van der Waals surface area contributed by atoms with E-state index < -0.39 is 5.09 Å². The third kappa shape index (κ3) is 253. The molecule has 0 aliphatic heterocycles. The number of rotatable bonds is 0. The van der Waals surface area contributed by atoms with Gasteiger partial charge in [0.1, 0.15) is 0 Å². The van der Waals surface area contributed by atoms with Crippen molar-refractivity contribution in [1.82, 2.24) is 0 Å². The smallest absolute Gasteiger partial charge is 0.356 e. The molecule has 0 spiro atoms. The molecule has 0 N–H and O–H groups in total. The van der Waals surface area contributed by atoms with E-state index in [1.807, 2.05) is 0 Å². The molecule has 0 atom stereocenters. The molecule has 0 bridgehead atoms. The van der Waals surface area contributed by atoms with Crippen LogP contribution in [-0.2, 0) is 39.4 Å². The molecule has 0 fully saturated rings. The van der Waals surface area contributed by atoms with Crippen molar-refractivity contribution in [2.75, 3.05) is 0 Å². The van der Waals surface area contributed by atoms with E-state index in [2.05, 4.69) is 0 Å². The SMILES string of the molecule is O=[N+]([O-])[O-].[Ag+].[Fe+2]. The van der Waals surface area contributed by atoms with Crippen molar-refractivity contribution in [1.29, 1.82) is 0 Å². The fraction of sp³-hybridized carbons (Fsp3) is 0. The van der Waals surface area contributed by atoms with Gasteiger partial charge in [0.25, 0.3) is 0 Å². The summed E-state index contributed by atoms with van der Waals surface area (Å²) in [6, 6.07) is 0. The molecule has 0 saturated heterocycles. The Labute approximate surface area is 60.0 Å². The molecule has 0 rings (SSSR count). The first-order valence-electron chi connectivity index (χ1n) is 0.548. The molecule has 4 nitrogen and oxygen atoms in total. The molecular weight excluding hydrogens is 226 g/mol. The average Bonchev–Trinajstić information content (AvgIpc) is 0.811. The van der Waals surface area contributed by atoms with Crippen LogP contribution in [0.5, 0.6) is 0 Å². The van der Waals surface area contributed by atoms with E-state index in [4.69, 9.17) is 15.3 Å². The molecule has 0 saturated carbocycles. The van der Waals surface area contributed by atoms with Crippen molar-refractivity contribution in [3.8, 4) is 0 Å². The summed E-state index contributed by atoms with van der Waals surface area (Å²) in [5.41, 5.74) is 0. The van der Waals surface area contributed by atoms with Gasteiger partial charge in [0, 0.05) is 0 Å². The average molecular weight is 226 g/mol. The zero-order valence-electron chi connectivity index (χ0n) is 2.33. The van der Waals surface area contributed by atoms with Gasteiger partial charge in [-0.1, -0.05) is 0 Å². The van der Waals surface area contributed by atoms with Gasteiger partial charge in [-0.2, -0.15) is 0 Å². The number of hydrogen-bond acceptors (Lipinski definition) is 3. The predicted molar refractivity (Wildman–Crippen MR) is 10.4 cm³/mol. The van der Waals surface area contributed by atoms with Crippen LogP contribution in [0.3, 0.4) is 0 Å². The van der Waals surface area contributed by atoms with E-state index in [9.17, 15) is 0 Å². The van der Waals surface area contributed by atoms with E-state index in [0.29, 0.717) is 0 Å². The Balaban J connectivity index is -0.0000000450. The minimum Gasteiger partial charge on any atom is -0.356 e. The van der Waals surface area contributed by atoms with E-state index in [0.717, 1.165) is 0 Å². The van der Waals surface area contributed by atoms with Gasteiger partial charge >= 0.3 is 39.4 Å². The molecule has 0 radical (unpaired) electrons. The summed E-state index contributed by atoms with van der Waals surface area (Å²) in [5.74, 6) is 0. The normalized spacial score (nSPS) is 4.00. The fourth-order valence-corrected chi connectivity index (χ4v) is 0. The fourth-order valence-electron chi connectivity index (χ4n) is 0. The van der Waals surface area contributed by atoms with Crippen LogP contribution in [0.1, 0.15) is 0 Å². The minimum atomic E-state index is -1.75. The minimum absolute atomic E-state index is 0. The van der Waals surface area contributed by atoms with Crippen molar-refractivity contribution >= 4 is 0 Å². The Hall–Kier alpha value is 0.460. The van der Waals surface area contributed by atoms with Gasteiger partial charge in [-0.05, 0) is 0 Å². The Kier molecular flexibility index (Phi) is 24.3. The second-order valence-electron chi connectivity index (χ2n) is 0.224. The first kappa shape index (κ1) is 16.1. The third-order valence-corrected chi connectivity index (χ3v) is 0. The molecule has 0 aromatic carbocycles. The zero-order valence-corrected chi connectivity index (χ0v) is 4.91. The van der Waals surface area contributed by atoms with Crippen LogP contribution in [0.2, 0.25) is 0 Å². The molecule has 0 heterocycles. The molecule has 6 heteroatoms. The first-order valence-corrected chi connectivity index (χ1v) is 0.548. The molecule has 0 amide bonds. The summed E-state index contributed by atoms with van der Waals surface area (Å²) in [5, 5.41) is 14.8. The standard InChI is InChI=1S/Ag.Fe.NO3/c;;2-1(3)4/q+1;+2;-1. The molecule has 0 aliphatic carbocycles. The maximum Gasteiger partial charge on any atom is 2.00 e. The van der Waals surface area contributed by atoms with Gasteiger partial charge in [-0.3, -0.25) is 0 Å². The van der Waals surface area contributed by atoms with E-state index in [-0.39, 0.29) is 39.4 Å². The van der Waals surface area contributed by atoms with Gasteiger partial charge < -0.3 is 15.3 Å². The van der Waals surface area contributed by atoms with Crippen molar-refractivity contribution in [2.45, 2.75) is 0 Å². The Morgan fingerprint density at radius 1 is 1.33 bits per heavy atom. The summed E-state index contributed by atoms with van der Waals surface area (Å²) in [6.07, 6.45) is 0.